The van der Waals surface area contributed by atoms with Gasteiger partial charge in [-0.1, -0.05) is 6.07 Å². The van der Waals surface area contributed by atoms with E-state index in [0.717, 1.165) is 17.0 Å². The Kier molecular flexibility index (Phi) is 3.51. The number of H-pyrrole nitrogens is 1. The van der Waals surface area contributed by atoms with Crippen LogP contribution in [-0.2, 0) is 9.59 Å². The number of nitrogens with one attached hydrogen (secondary N) is 3. The quantitative estimate of drug-likeness (QED) is 0.804. The van der Waals surface area contributed by atoms with Gasteiger partial charge in [0.05, 0.1) is 10.6 Å². The van der Waals surface area contributed by atoms with Crippen LogP contribution in [0.15, 0.2) is 23.6 Å². The molecule has 3 N–H and O–H groups in total. The lowest BCUT2D eigenvalue weighted by Gasteiger charge is -2.21. The third-order valence-corrected chi connectivity index (χ3v) is 4.07. The van der Waals surface area contributed by atoms with Crippen molar-refractivity contribution in [3.63, 3.8) is 0 Å². The second-order valence-electron chi connectivity index (χ2n) is 4.65. The molecule has 0 aromatic carbocycles. The summed E-state index contributed by atoms with van der Waals surface area (Å²) in [5.41, 5.74) is 0.864. The van der Waals surface area contributed by atoms with E-state index >= 15 is 0 Å². The lowest BCUT2D eigenvalue weighted by molar-refractivity contribution is -0.128. The molecule has 0 unspecified atom stereocenters. The number of nitrogens with zero attached hydrogens (tertiary/aromatic N) is 1. The van der Waals surface area contributed by atoms with Crippen LogP contribution in [0.1, 0.15) is 19.3 Å². The molecule has 20 heavy (non-hydrogen) atoms. The van der Waals surface area contributed by atoms with E-state index in [-0.39, 0.29) is 11.8 Å². The second kappa shape index (κ2) is 5.46. The van der Waals surface area contributed by atoms with E-state index in [4.69, 9.17) is 0 Å². The number of aromatic amines is 1. The Morgan fingerprint density at radius 3 is 3.15 bits per heavy atom. The fraction of sp³-hybridized carbons (Fsp3) is 0.308. The highest BCUT2D eigenvalue weighted by Gasteiger charge is 2.25. The normalized spacial score (nSPS) is 18.6. The smallest absolute Gasteiger partial charge is 0.248 e. The first-order chi connectivity index (χ1) is 9.72. The number of thiophene rings is 1. The molecule has 2 amide bonds. The van der Waals surface area contributed by atoms with Crippen molar-refractivity contribution in [2.24, 2.45) is 0 Å². The molecule has 0 spiro atoms. The van der Waals surface area contributed by atoms with Crippen LogP contribution in [-0.4, -0.2) is 28.1 Å². The van der Waals surface area contributed by atoms with E-state index < -0.39 is 6.04 Å². The van der Waals surface area contributed by atoms with Crippen LogP contribution in [0.4, 0.5) is 5.82 Å². The van der Waals surface area contributed by atoms with Gasteiger partial charge in [0.2, 0.25) is 11.8 Å². The highest BCUT2D eigenvalue weighted by atomic mass is 32.1. The fourth-order valence-corrected chi connectivity index (χ4v) is 2.85. The average molecular weight is 290 g/mol. The number of hydrogen-bond donors (Lipinski definition) is 3. The van der Waals surface area contributed by atoms with Crippen LogP contribution >= 0.6 is 11.3 Å². The zero-order valence-electron chi connectivity index (χ0n) is 10.7. The van der Waals surface area contributed by atoms with Crippen molar-refractivity contribution in [2.75, 3.05) is 5.32 Å². The summed E-state index contributed by atoms with van der Waals surface area (Å²) in [6.07, 6.45) is 1.90. The number of hydrogen-bond acceptors (Lipinski definition) is 4. The van der Waals surface area contributed by atoms with Gasteiger partial charge in [-0.2, -0.15) is 5.10 Å². The number of piperidine rings is 1. The van der Waals surface area contributed by atoms with Gasteiger partial charge in [0.15, 0.2) is 5.82 Å². The number of carbonyl (C=O) groups is 2. The topological polar surface area (TPSA) is 86.9 Å². The first kappa shape index (κ1) is 12.9. The van der Waals surface area contributed by atoms with Crippen molar-refractivity contribution in [2.45, 2.75) is 25.3 Å². The fourth-order valence-electron chi connectivity index (χ4n) is 2.16. The zero-order chi connectivity index (χ0) is 13.9. The highest BCUT2D eigenvalue weighted by Crippen LogP contribution is 2.24. The molecule has 1 aliphatic rings. The van der Waals surface area contributed by atoms with Crippen LogP contribution in [0.5, 0.6) is 0 Å². The summed E-state index contributed by atoms with van der Waals surface area (Å²) in [5.74, 6) is 0.179. The summed E-state index contributed by atoms with van der Waals surface area (Å²) in [7, 11) is 0. The highest BCUT2D eigenvalue weighted by molar-refractivity contribution is 7.13. The number of rotatable bonds is 3. The van der Waals surface area contributed by atoms with Crippen molar-refractivity contribution < 1.29 is 9.59 Å². The Morgan fingerprint density at radius 1 is 1.50 bits per heavy atom. The van der Waals surface area contributed by atoms with Gasteiger partial charge < -0.3 is 10.6 Å². The molecular weight excluding hydrogens is 276 g/mol. The molecule has 6 nitrogen and oxygen atoms in total. The van der Waals surface area contributed by atoms with Crippen molar-refractivity contribution in [3.05, 3.63) is 23.6 Å². The summed E-state index contributed by atoms with van der Waals surface area (Å²) < 4.78 is 0. The van der Waals surface area contributed by atoms with Crippen LogP contribution in [0.2, 0.25) is 0 Å². The third-order valence-electron chi connectivity index (χ3n) is 3.16. The Morgan fingerprint density at radius 2 is 2.40 bits per heavy atom. The van der Waals surface area contributed by atoms with E-state index in [1.807, 2.05) is 17.5 Å². The SMILES string of the molecule is O=C1CCC[C@@H](C(=O)Nc2cc(-c3cccs3)[nH]n2)N1. The van der Waals surface area contributed by atoms with E-state index in [9.17, 15) is 9.59 Å². The average Bonchev–Trinajstić information content (AvgIpc) is 3.08. The van der Waals surface area contributed by atoms with Crippen molar-refractivity contribution >= 4 is 29.0 Å². The molecule has 1 atom stereocenters. The minimum Gasteiger partial charge on any atom is -0.344 e. The van der Waals surface area contributed by atoms with Crippen molar-refractivity contribution in [3.8, 4) is 10.6 Å². The maximum absolute atomic E-state index is 12.0. The molecule has 1 aliphatic heterocycles. The van der Waals surface area contributed by atoms with E-state index in [1.54, 1.807) is 17.4 Å². The minimum absolute atomic E-state index is 0.0716. The second-order valence-corrected chi connectivity index (χ2v) is 5.59. The Labute approximate surface area is 119 Å². The lowest BCUT2D eigenvalue weighted by Crippen LogP contribution is -2.46. The summed E-state index contributed by atoms with van der Waals surface area (Å²) in [4.78, 5) is 24.4. The number of amides is 2. The monoisotopic (exact) mass is 290 g/mol. The Hall–Kier alpha value is -2.15. The molecule has 104 valence electrons. The molecule has 3 heterocycles. The molecule has 0 radical (unpaired) electrons. The van der Waals surface area contributed by atoms with Crippen LogP contribution in [0.3, 0.4) is 0 Å². The largest absolute Gasteiger partial charge is 0.344 e. The van der Waals surface area contributed by atoms with Gasteiger partial charge in [-0.25, -0.2) is 0 Å². The van der Waals surface area contributed by atoms with Gasteiger partial charge in [-0.3, -0.25) is 14.7 Å². The van der Waals surface area contributed by atoms with Gasteiger partial charge in [-0.05, 0) is 24.3 Å². The summed E-state index contributed by atoms with van der Waals surface area (Å²) in [5, 5.41) is 14.3. The number of aromatic nitrogens is 2. The van der Waals surface area contributed by atoms with E-state index in [2.05, 4.69) is 20.8 Å². The van der Waals surface area contributed by atoms with Gasteiger partial charge in [-0.15, -0.1) is 11.3 Å². The van der Waals surface area contributed by atoms with Gasteiger partial charge in [0.1, 0.15) is 6.04 Å². The van der Waals surface area contributed by atoms with Crippen LogP contribution in [0, 0.1) is 0 Å². The van der Waals surface area contributed by atoms with E-state index in [0.29, 0.717) is 18.7 Å². The first-order valence-corrected chi connectivity index (χ1v) is 7.30. The van der Waals surface area contributed by atoms with Gasteiger partial charge in [0, 0.05) is 12.5 Å². The summed E-state index contributed by atoms with van der Waals surface area (Å²) in [6, 6.07) is 5.26. The molecule has 2 aromatic heterocycles. The minimum atomic E-state index is -0.460. The van der Waals surface area contributed by atoms with Gasteiger partial charge >= 0.3 is 0 Å². The molecule has 0 saturated carbocycles. The summed E-state index contributed by atoms with van der Waals surface area (Å²) >= 11 is 1.60. The van der Waals surface area contributed by atoms with E-state index in [1.165, 1.54) is 0 Å². The molecular formula is C13H14N4O2S. The van der Waals surface area contributed by atoms with Crippen molar-refractivity contribution in [1.29, 1.82) is 0 Å². The number of carbonyl (C=O) groups excluding carboxylic acids is 2. The Bertz CT molecular complexity index is 620. The molecule has 1 saturated heterocycles. The molecule has 1 fully saturated rings. The van der Waals surface area contributed by atoms with Crippen molar-refractivity contribution in [1.82, 2.24) is 15.5 Å². The maximum atomic E-state index is 12.0. The lowest BCUT2D eigenvalue weighted by atomic mass is 10.0. The molecule has 7 heteroatoms. The van der Waals surface area contributed by atoms with Crippen LogP contribution in [0.25, 0.3) is 10.6 Å². The predicted molar refractivity (Wildman–Crippen MR) is 76.3 cm³/mol. The summed E-state index contributed by atoms with van der Waals surface area (Å²) in [6.45, 7) is 0. The Balaban J connectivity index is 1.66. The standard InChI is InChI=1S/C13H14N4O2S/c18-12-5-1-3-8(14-12)13(19)15-11-7-9(16-17-11)10-4-2-6-20-10/h2,4,6-8H,1,3,5H2,(H,14,18)(H2,15,16,17,19)/t8-/m0/s1. The molecule has 0 bridgehead atoms. The number of anilines is 1. The molecule has 0 aliphatic carbocycles. The predicted octanol–water partition coefficient (Wildman–Crippen LogP) is 1.75. The maximum Gasteiger partial charge on any atom is 0.248 e. The molecule has 3 rings (SSSR count). The van der Waals surface area contributed by atoms with Gasteiger partial charge in [0.25, 0.3) is 0 Å². The zero-order valence-corrected chi connectivity index (χ0v) is 11.5. The van der Waals surface area contributed by atoms with Crippen LogP contribution < -0.4 is 10.6 Å². The third kappa shape index (κ3) is 2.72. The molecule has 2 aromatic rings. The first-order valence-electron chi connectivity index (χ1n) is 6.42.